The first-order valence-electron chi connectivity index (χ1n) is 9.90. The molecule has 28 heavy (non-hydrogen) atoms. The highest BCUT2D eigenvalue weighted by molar-refractivity contribution is 5.48. The van der Waals surface area contributed by atoms with Crippen LogP contribution in [0.2, 0.25) is 0 Å². The molecular formula is C20H26N8. The van der Waals surface area contributed by atoms with E-state index in [9.17, 15) is 0 Å². The van der Waals surface area contributed by atoms with Gasteiger partial charge in [-0.3, -0.25) is 0 Å². The number of fused-ring (bicyclic) bond motifs is 2. The third-order valence-corrected chi connectivity index (χ3v) is 5.96. The number of aryl methyl sites for hydroxylation is 1. The maximum absolute atomic E-state index is 4.74. The SMILES string of the molecule is Cc1nnc2ccc(N3CC4CN(c5cc(C(C)(C)C)ncn5)CC4C3)nn12. The molecule has 3 aromatic rings. The summed E-state index contributed by atoms with van der Waals surface area (Å²) < 4.78 is 1.82. The fourth-order valence-electron chi connectivity index (χ4n) is 4.35. The number of hydrogen-bond acceptors (Lipinski definition) is 7. The fraction of sp³-hybridized carbons (Fsp3) is 0.550. The van der Waals surface area contributed by atoms with Gasteiger partial charge in [-0.25, -0.2) is 9.97 Å². The summed E-state index contributed by atoms with van der Waals surface area (Å²) in [6, 6.07) is 6.21. The summed E-state index contributed by atoms with van der Waals surface area (Å²) in [5.74, 6) is 4.15. The first-order valence-corrected chi connectivity index (χ1v) is 9.90. The number of rotatable bonds is 2. The Labute approximate surface area is 164 Å². The lowest BCUT2D eigenvalue weighted by atomic mass is 9.92. The molecule has 0 N–H and O–H groups in total. The molecule has 2 atom stereocenters. The van der Waals surface area contributed by atoms with Crippen molar-refractivity contribution in [1.82, 2.24) is 29.8 Å². The second-order valence-corrected chi connectivity index (χ2v) is 9.05. The third-order valence-electron chi connectivity index (χ3n) is 5.96. The Balaban J connectivity index is 1.31. The summed E-state index contributed by atoms with van der Waals surface area (Å²) in [6.07, 6.45) is 1.71. The predicted molar refractivity (Wildman–Crippen MR) is 108 cm³/mol. The van der Waals surface area contributed by atoms with Gasteiger partial charge < -0.3 is 9.80 Å². The van der Waals surface area contributed by atoms with Crippen molar-refractivity contribution in [2.45, 2.75) is 33.1 Å². The van der Waals surface area contributed by atoms with Crippen molar-refractivity contribution in [3.63, 3.8) is 0 Å². The van der Waals surface area contributed by atoms with Gasteiger partial charge in [-0.15, -0.1) is 15.3 Å². The maximum Gasteiger partial charge on any atom is 0.178 e. The van der Waals surface area contributed by atoms with E-state index >= 15 is 0 Å². The van der Waals surface area contributed by atoms with E-state index in [0.29, 0.717) is 11.8 Å². The lowest BCUT2D eigenvalue weighted by Crippen LogP contribution is -2.30. The molecular weight excluding hydrogens is 352 g/mol. The van der Waals surface area contributed by atoms with E-state index in [1.54, 1.807) is 6.33 Å². The largest absolute Gasteiger partial charge is 0.356 e. The smallest absolute Gasteiger partial charge is 0.178 e. The summed E-state index contributed by atoms with van der Waals surface area (Å²) in [7, 11) is 0. The molecule has 0 aliphatic carbocycles. The molecule has 146 valence electrons. The predicted octanol–water partition coefficient (Wildman–Crippen LogP) is 2.09. The second-order valence-electron chi connectivity index (χ2n) is 9.05. The standard InChI is InChI=1S/C20H26N8/c1-13-23-24-17-5-6-18(25-28(13)17)26-8-14-10-27(11-15(14)9-26)19-7-16(20(2,3)4)21-12-22-19/h5-7,12,14-15H,8-11H2,1-4H3. The van der Waals surface area contributed by atoms with Crippen molar-refractivity contribution in [3.05, 3.63) is 36.0 Å². The van der Waals surface area contributed by atoms with E-state index in [1.165, 1.54) is 0 Å². The Hall–Kier alpha value is -2.77. The summed E-state index contributed by atoms with van der Waals surface area (Å²) in [5, 5.41) is 13.0. The van der Waals surface area contributed by atoms with E-state index in [1.807, 2.05) is 17.5 Å². The molecule has 0 amide bonds. The van der Waals surface area contributed by atoms with Gasteiger partial charge in [0.25, 0.3) is 0 Å². The Kier molecular flexibility index (Phi) is 3.79. The van der Waals surface area contributed by atoms with Crippen LogP contribution in [-0.4, -0.2) is 56.0 Å². The van der Waals surface area contributed by atoms with Crippen molar-refractivity contribution >= 4 is 17.3 Å². The van der Waals surface area contributed by atoms with Gasteiger partial charge in [-0.2, -0.15) is 4.52 Å². The summed E-state index contributed by atoms with van der Waals surface area (Å²) in [6.45, 7) is 12.6. The zero-order chi connectivity index (χ0) is 19.5. The summed E-state index contributed by atoms with van der Waals surface area (Å²) >= 11 is 0. The van der Waals surface area contributed by atoms with Gasteiger partial charge in [-0.05, 0) is 19.1 Å². The second kappa shape index (κ2) is 6.12. The van der Waals surface area contributed by atoms with Crippen LogP contribution in [-0.2, 0) is 5.41 Å². The molecule has 2 unspecified atom stereocenters. The molecule has 2 fully saturated rings. The van der Waals surface area contributed by atoms with E-state index in [2.05, 4.69) is 62.9 Å². The van der Waals surface area contributed by atoms with Gasteiger partial charge in [0.15, 0.2) is 11.5 Å². The molecule has 5 rings (SSSR count). The van der Waals surface area contributed by atoms with Crippen LogP contribution in [0.1, 0.15) is 32.3 Å². The average molecular weight is 378 g/mol. The van der Waals surface area contributed by atoms with E-state index < -0.39 is 0 Å². The molecule has 8 nitrogen and oxygen atoms in total. The van der Waals surface area contributed by atoms with Crippen molar-refractivity contribution in [2.24, 2.45) is 11.8 Å². The fourth-order valence-corrected chi connectivity index (χ4v) is 4.35. The Morgan fingerprint density at radius 2 is 1.57 bits per heavy atom. The zero-order valence-corrected chi connectivity index (χ0v) is 16.9. The van der Waals surface area contributed by atoms with Gasteiger partial charge in [0.05, 0.1) is 5.69 Å². The Bertz CT molecular complexity index is 1010. The van der Waals surface area contributed by atoms with Crippen LogP contribution in [0.5, 0.6) is 0 Å². The van der Waals surface area contributed by atoms with E-state index in [-0.39, 0.29) is 5.41 Å². The number of nitrogens with zero attached hydrogens (tertiary/aromatic N) is 8. The maximum atomic E-state index is 4.74. The monoisotopic (exact) mass is 378 g/mol. The zero-order valence-electron chi connectivity index (χ0n) is 16.9. The van der Waals surface area contributed by atoms with E-state index in [4.69, 9.17) is 5.10 Å². The van der Waals surface area contributed by atoms with Crippen molar-refractivity contribution in [2.75, 3.05) is 36.0 Å². The van der Waals surface area contributed by atoms with Crippen LogP contribution in [0, 0.1) is 18.8 Å². The van der Waals surface area contributed by atoms with Crippen LogP contribution >= 0.6 is 0 Å². The lowest BCUT2D eigenvalue weighted by Gasteiger charge is -2.24. The Morgan fingerprint density at radius 3 is 2.25 bits per heavy atom. The molecule has 2 saturated heterocycles. The van der Waals surface area contributed by atoms with Crippen LogP contribution < -0.4 is 9.80 Å². The van der Waals surface area contributed by atoms with Crippen molar-refractivity contribution in [1.29, 1.82) is 0 Å². The average Bonchev–Trinajstić information content (AvgIpc) is 3.34. The Morgan fingerprint density at radius 1 is 0.893 bits per heavy atom. The normalized spacial score (nSPS) is 22.3. The van der Waals surface area contributed by atoms with Gasteiger partial charge in [0, 0.05) is 49.5 Å². The van der Waals surface area contributed by atoms with E-state index in [0.717, 1.165) is 55.0 Å². The molecule has 3 aromatic heterocycles. The highest BCUT2D eigenvalue weighted by Crippen LogP contribution is 2.35. The van der Waals surface area contributed by atoms with Gasteiger partial charge >= 0.3 is 0 Å². The first-order chi connectivity index (χ1) is 13.4. The molecule has 8 heteroatoms. The molecule has 0 aromatic carbocycles. The molecule has 0 radical (unpaired) electrons. The minimum absolute atomic E-state index is 0.0364. The number of aromatic nitrogens is 6. The summed E-state index contributed by atoms with van der Waals surface area (Å²) in [5.41, 5.74) is 1.93. The highest BCUT2D eigenvalue weighted by Gasteiger charge is 2.41. The first kappa shape index (κ1) is 17.3. The molecule has 2 aliphatic heterocycles. The lowest BCUT2D eigenvalue weighted by molar-refractivity contribution is 0.533. The van der Waals surface area contributed by atoms with Gasteiger partial charge in [-0.1, -0.05) is 20.8 Å². The molecule has 0 saturated carbocycles. The van der Waals surface area contributed by atoms with Crippen LogP contribution in [0.4, 0.5) is 11.6 Å². The van der Waals surface area contributed by atoms with Crippen molar-refractivity contribution < 1.29 is 0 Å². The number of anilines is 2. The van der Waals surface area contributed by atoms with Crippen LogP contribution in [0.3, 0.4) is 0 Å². The van der Waals surface area contributed by atoms with Gasteiger partial charge in [0.1, 0.15) is 18.0 Å². The van der Waals surface area contributed by atoms with Crippen molar-refractivity contribution in [3.8, 4) is 0 Å². The highest BCUT2D eigenvalue weighted by atomic mass is 15.4. The summed E-state index contributed by atoms with van der Waals surface area (Å²) in [4.78, 5) is 13.8. The minimum Gasteiger partial charge on any atom is -0.356 e. The number of hydrogen-bond donors (Lipinski definition) is 0. The molecule has 2 aliphatic rings. The van der Waals surface area contributed by atoms with Crippen LogP contribution in [0.15, 0.2) is 24.5 Å². The molecule has 5 heterocycles. The molecule has 0 bridgehead atoms. The quantitative estimate of drug-likeness (QED) is 0.676. The van der Waals surface area contributed by atoms with Gasteiger partial charge in [0.2, 0.25) is 0 Å². The minimum atomic E-state index is 0.0364. The third kappa shape index (κ3) is 2.87. The molecule has 0 spiro atoms. The van der Waals surface area contributed by atoms with Crippen LogP contribution in [0.25, 0.3) is 5.65 Å². The topological polar surface area (TPSA) is 75.3 Å².